The number of nitrogens with one attached hydrogen (secondary N) is 1. The molecule has 0 radical (unpaired) electrons. The van der Waals surface area contributed by atoms with Crippen LogP contribution < -0.4 is 5.32 Å². The fourth-order valence-corrected chi connectivity index (χ4v) is 2.73. The van der Waals surface area contributed by atoms with Crippen molar-refractivity contribution in [1.29, 1.82) is 0 Å². The lowest BCUT2D eigenvalue weighted by Gasteiger charge is -2.27. The summed E-state index contributed by atoms with van der Waals surface area (Å²) in [5.41, 5.74) is 2.14. The summed E-state index contributed by atoms with van der Waals surface area (Å²) < 4.78 is 6.62. The summed E-state index contributed by atoms with van der Waals surface area (Å²) in [6, 6.07) is 0. The molecule has 0 fully saturated rings. The van der Waals surface area contributed by atoms with Gasteiger partial charge in [-0.1, -0.05) is 13.3 Å². The zero-order valence-electron chi connectivity index (χ0n) is 14.4. The molecule has 0 aliphatic heterocycles. The lowest BCUT2D eigenvalue weighted by atomic mass is 9.95. The SMILES string of the molecule is CCCC(C)(NC(=O)CCc1c(C)nn(C)c1C)C(=O)OC. The van der Waals surface area contributed by atoms with Crippen molar-refractivity contribution in [1.82, 2.24) is 15.1 Å². The molecule has 1 aromatic rings. The highest BCUT2D eigenvalue weighted by Crippen LogP contribution is 2.17. The lowest BCUT2D eigenvalue weighted by Crippen LogP contribution is -2.52. The predicted octanol–water partition coefficient (Wildman–Crippen LogP) is 1.82. The summed E-state index contributed by atoms with van der Waals surface area (Å²) in [6.45, 7) is 7.61. The van der Waals surface area contributed by atoms with E-state index in [1.165, 1.54) is 7.11 Å². The highest BCUT2D eigenvalue weighted by atomic mass is 16.5. The highest BCUT2D eigenvalue weighted by Gasteiger charge is 2.34. The van der Waals surface area contributed by atoms with Crippen molar-refractivity contribution in [2.45, 2.75) is 58.9 Å². The molecule has 1 amide bonds. The first kappa shape index (κ1) is 18.2. The first-order chi connectivity index (χ1) is 10.2. The van der Waals surface area contributed by atoms with E-state index in [4.69, 9.17) is 4.74 Å². The van der Waals surface area contributed by atoms with E-state index in [0.717, 1.165) is 23.4 Å². The maximum absolute atomic E-state index is 12.2. The van der Waals surface area contributed by atoms with E-state index < -0.39 is 11.5 Å². The van der Waals surface area contributed by atoms with Crippen molar-refractivity contribution in [3.63, 3.8) is 0 Å². The summed E-state index contributed by atoms with van der Waals surface area (Å²) in [7, 11) is 3.23. The Bertz CT molecular complexity index is 551. The van der Waals surface area contributed by atoms with Crippen molar-refractivity contribution in [2.75, 3.05) is 7.11 Å². The molecule has 22 heavy (non-hydrogen) atoms. The average Bonchev–Trinajstić information content (AvgIpc) is 2.69. The number of aromatic nitrogens is 2. The Morgan fingerprint density at radius 2 is 2.00 bits per heavy atom. The van der Waals surface area contributed by atoms with Crippen LogP contribution in [0.15, 0.2) is 0 Å². The van der Waals surface area contributed by atoms with Crippen LogP contribution >= 0.6 is 0 Å². The first-order valence-corrected chi connectivity index (χ1v) is 7.63. The van der Waals surface area contributed by atoms with Gasteiger partial charge in [-0.2, -0.15) is 5.10 Å². The molecule has 0 aliphatic carbocycles. The number of nitrogens with zero attached hydrogens (tertiary/aromatic N) is 2. The van der Waals surface area contributed by atoms with Crippen molar-refractivity contribution in [3.8, 4) is 0 Å². The van der Waals surface area contributed by atoms with Gasteiger partial charge in [0.15, 0.2) is 0 Å². The molecular formula is C16H27N3O3. The standard InChI is InChI=1S/C16H27N3O3/c1-7-10-16(4,15(21)22-6)17-14(20)9-8-13-11(2)18-19(5)12(13)3/h7-10H2,1-6H3,(H,17,20). The molecule has 6 heteroatoms. The number of hydrogen-bond donors (Lipinski definition) is 1. The molecule has 124 valence electrons. The summed E-state index contributed by atoms with van der Waals surface area (Å²) in [5.74, 6) is -0.555. The molecule has 1 heterocycles. The normalized spacial score (nSPS) is 13.5. The Balaban J connectivity index is 2.70. The number of rotatable bonds is 7. The summed E-state index contributed by atoms with van der Waals surface area (Å²) >= 11 is 0. The Morgan fingerprint density at radius 3 is 2.45 bits per heavy atom. The van der Waals surface area contributed by atoms with Gasteiger partial charge in [-0.3, -0.25) is 9.48 Å². The van der Waals surface area contributed by atoms with Gasteiger partial charge in [0.1, 0.15) is 5.54 Å². The van der Waals surface area contributed by atoms with Gasteiger partial charge in [0, 0.05) is 19.2 Å². The predicted molar refractivity (Wildman–Crippen MR) is 84.5 cm³/mol. The Labute approximate surface area is 132 Å². The molecule has 1 unspecified atom stereocenters. The van der Waals surface area contributed by atoms with Crippen LogP contribution in [0.4, 0.5) is 0 Å². The van der Waals surface area contributed by atoms with Crippen molar-refractivity contribution in [3.05, 3.63) is 17.0 Å². The van der Waals surface area contributed by atoms with Gasteiger partial charge in [0.2, 0.25) is 5.91 Å². The molecule has 6 nitrogen and oxygen atoms in total. The zero-order chi connectivity index (χ0) is 16.9. The fourth-order valence-electron chi connectivity index (χ4n) is 2.73. The third-order valence-electron chi connectivity index (χ3n) is 4.06. The number of carbonyl (C=O) groups is 2. The molecule has 0 aromatic carbocycles. The number of aryl methyl sites for hydroxylation is 2. The molecule has 1 N–H and O–H groups in total. The number of amides is 1. The summed E-state index contributed by atoms with van der Waals surface area (Å²) in [4.78, 5) is 24.1. The second kappa shape index (κ2) is 7.42. The number of methoxy groups -OCH3 is 1. The monoisotopic (exact) mass is 309 g/mol. The van der Waals surface area contributed by atoms with Crippen molar-refractivity contribution >= 4 is 11.9 Å². The van der Waals surface area contributed by atoms with Crippen molar-refractivity contribution < 1.29 is 14.3 Å². The van der Waals surface area contributed by atoms with Crippen LogP contribution in [0.25, 0.3) is 0 Å². The van der Waals surface area contributed by atoms with Crippen LogP contribution in [-0.4, -0.2) is 34.3 Å². The topological polar surface area (TPSA) is 73.2 Å². The van der Waals surface area contributed by atoms with Gasteiger partial charge >= 0.3 is 5.97 Å². The van der Waals surface area contributed by atoms with Gasteiger partial charge in [0.05, 0.1) is 12.8 Å². The van der Waals surface area contributed by atoms with Gasteiger partial charge in [-0.05, 0) is 39.2 Å². The van der Waals surface area contributed by atoms with Crippen LogP contribution in [0.5, 0.6) is 0 Å². The minimum absolute atomic E-state index is 0.149. The molecule has 0 saturated heterocycles. The van der Waals surface area contributed by atoms with Crippen LogP contribution in [0, 0.1) is 13.8 Å². The second-order valence-electron chi connectivity index (χ2n) is 5.89. The van der Waals surface area contributed by atoms with E-state index in [1.807, 2.05) is 32.5 Å². The Kier molecular flexibility index (Phi) is 6.14. The van der Waals surface area contributed by atoms with Crippen LogP contribution in [0.3, 0.4) is 0 Å². The van der Waals surface area contributed by atoms with Gasteiger partial charge < -0.3 is 10.1 Å². The van der Waals surface area contributed by atoms with E-state index in [-0.39, 0.29) is 5.91 Å². The maximum atomic E-state index is 12.2. The van der Waals surface area contributed by atoms with Crippen molar-refractivity contribution in [2.24, 2.45) is 7.05 Å². The smallest absolute Gasteiger partial charge is 0.331 e. The number of ether oxygens (including phenoxy) is 1. The van der Waals surface area contributed by atoms with E-state index >= 15 is 0 Å². The highest BCUT2D eigenvalue weighted by molar-refractivity contribution is 5.87. The zero-order valence-corrected chi connectivity index (χ0v) is 14.4. The van der Waals surface area contributed by atoms with Crippen LogP contribution in [0.1, 0.15) is 50.1 Å². The molecule has 0 aliphatic rings. The van der Waals surface area contributed by atoms with E-state index in [2.05, 4.69) is 10.4 Å². The molecule has 1 rings (SSSR count). The minimum Gasteiger partial charge on any atom is -0.467 e. The Morgan fingerprint density at radius 1 is 1.36 bits per heavy atom. The van der Waals surface area contributed by atoms with Gasteiger partial charge in [-0.25, -0.2) is 4.79 Å². The van der Waals surface area contributed by atoms with Crippen LogP contribution in [0.2, 0.25) is 0 Å². The number of esters is 1. The Hall–Kier alpha value is -1.85. The molecule has 1 atom stereocenters. The lowest BCUT2D eigenvalue weighted by molar-refractivity contribution is -0.150. The fraction of sp³-hybridized carbons (Fsp3) is 0.688. The average molecular weight is 309 g/mol. The second-order valence-corrected chi connectivity index (χ2v) is 5.89. The molecular weight excluding hydrogens is 282 g/mol. The third-order valence-corrected chi connectivity index (χ3v) is 4.06. The van der Waals surface area contributed by atoms with E-state index in [0.29, 0.717) is 19.3 Å². The maximum Gasteiger partial charge on any atom is 0.331 e. The first-order valence-electron chi connectivity index (χ1n) is 7.63. The minimum atomic E-state index is -0.959. The number of carbonyl (C=O) groups excluding carboxylic acids is 2. The molecule has 0 bridgehead atoms. The summed E-state index contributed by atoms with van der Waals surface area (Å²) in [6.07, 6.45) is 2.27. The van der Waals surface area contributed by atoms with Gasteiger partial charge in [0.25, 0.3) is 0 Å². The number of hydrogen-bond acceptors (Lipinski definition) is 4. The largest absolute Gasteiger partial charge is 0.467 e. The van der Waals surface area contributed by atoms with Crippen LogP contribution in [-0.2, 0) is 27.8 Å². The third kappa shape index (κ3) is 4.08. The summed E-state index contributed by atoms with van der Waals surface area (Å²) in [5, 5.41) is 7.17. The molecule has 0 saturated carbocycles. The van der Waals surface area contributed by atoms with E-state index in [9.17, 15) is 9.59 Å². The quantitative estimate of drug-likeness (QED) is 0.780. The van der Waals surface area contributed by atoms with Gasteiger partial charge in [-0.15, -0.1) is 0 Å². The molecule has 1 aromatic heterocycles. The molecule has 0 spiro atoms. The van der Waals surface area contributed by atoms with E-state index in [1.54, 1.807) is 6.92 Å².